The highest BCUT2D eigenvalue weighted by atomic mass is 79.9. The third kappa shape index (κ3) is 3.17. The van der Waals surface area contributed by atoms with E-state index < -0.39 is 0 Å². The molecule has 0 saturated carbocycles. The summed E-state index contributed by atoms with van der Waals surface area (Å²) in [4.78, 5) is 12.5. The number of hydrogen-bond acceptors (Lipinski definition) is 4. The van der Waals surface area contributed by atoms with E-state index in [1.807, 2.05) is 30.3 Å². The Balaban J connectivity index is 2.44. The number of methoxy groups -OCH3 is 3. The average Bonchev–Trinajstić information content (AvgIpc) is 2.54. The van der Waals surface area contributed by atoms with Gasteiger partial charge in [0.2, 0.25) is 5.75 Å². The maximum atomic E-state index is 12.5. The van der Waals surface area contributed by atoms with Crippen LogP contribution in [0.25, 0.3) is 0 Å². The zero-order chi connectivity index (χ0) is 16.1. The number of hydrogen-bond donors (Lipinski definition) is 1. The monoisotopic (exact) mass is 365 g/mol. The van der Waals surface area contributed by atoms with Crippen LogP contribution >= 0.6 is 15.9 Å². The van der Waals surface area contributed by atoms with Crippen molar-refractivity contribution in [1.82, 2.24) is 0 Å². The number of halogens is 1. The molecule has 2 rings (SSSR count). The molecule has 0 fully saturated rings. The topological polar surface area (TPSA) is 56.8 Å². The van der Waals surface area contributed by atoms with Crippen molar-refractivity contribution in [3.63, 3.8) is 0 Å². The molecule has 0 bridgehead atoms. The van der Waals surface area contributed by atoms with Crippen molar-refractivity contribution in [2.24, 2.45) is 0 Å². The van der Waals surface area contributed by atoms with Crippen LogP contribution in [0.15, 0.2) is 40.9 Å². The molecule has 0 aliphatic rings. The van der Waals surface area contributed by atoms with E-state index in [4.69, 9.17) is 14.2 Å². The lowest BCUT2D eigenvalue weighted by Crippen LogP contribution is -2.13. The fourth-order valence-corrected chi connectivity index (χ4v) is 2.64. The SMILES string of the molecule is COc1cc(C(=O)Nc2ccccc2)c(Br)c(OC)c1OC. The number of carbonyl (C=O) groups excluding carboxylic acids is 1. The van der Waals surface area contributed by atoms with Crippen LogP contribution in [0.4, 0.5) is 5.69 Å². The van der Waals surface area contributed by atoms with Crippen LogP contribution in [0.1, 0.15) is 10.4 Å². The van der Waals surface area contributed by atoms with Gasteiger partial charge in [-0.05, 0) is 34.1 Å². The molecule has 6 heteroatoms. The fourth-order valence-electron chi connectivity index (χ4n) is 2.01. The highest BCUT2D eigenvalue weighted by molar-refractivity contribution is 9.10. The molecular formula is C16H16BrNO4. The molecular weight excluding hydrogens is 350 g/mol. The fraction of sp³-hybridized carbons (Fsp3) is 0.188. The first-order chi connectivity index (χ1) is 10.6. The minimum absolute atomic E-state index is 0.280. The van der Waals surface area contributed by atoms with Gasteiger partial charge in [-0.15, -0.1) is 0 Å². The van der Waals surface area contributed by atoms with Crippen LogP contribution in [-0.4, -0.2) is 27.2 Å². The number of para-hydroxylation sites is 1. The van der Waals surface area contributed by atoms with Crippen molar-refractivity contribution in [2.75, 3.05) is 26.6 Å². The van der Waals surface area contributed by atoms with Crippen LogP contribution in [0.5, 0.6) is 17.2 Å². The van der Waals surface area contributed by atoms with Crippen LogP contribution in [0.2, 0.25) is 0 Å². The molecule has 1 N–H and O–H groups in total. The quantitative estimate of drug-likeness (QED) is 0.876. The van der Waals surface area contributed by atoms with Gasteiger partial charge in [-0.1, -0.05) is 18.2 Å². The molecule has 0 aliphatic carbocycles. The predicted octanol–water partition coefficient (Wildman–Crippen LogP) is 3.73. The number of carbonyl (C=O) groups is 1. The van der Waals surface area contributed by atoms with Crippen molar-refractivity contribution in [3.8, 4) is 17.2 Å². The molecule has 0 aliphatic heterocycles. The molecule has 0 saturated heterocycles. The summed E-state index contributed by atoms with van der Waals surface area (Å²) in [5.41, 5.74) is 1.09. The number of benzene rings is 2. The molecule has 2 aromatic rings. The van der Waals surface area contributed by atoms with Gasteiger partial charge in [-0.25, -0.2) is 0 Å². The van der Waals surface area contributed by atoms with E-state index in [9.17, 15) is 4.79 Å². The Labute approximate surface area is 137 Å². The van der Waals surface area contributed by atoms with Crippen LogP contribution < -0.4 is 19.5 Å². The van der Waals surface area contributed by atoms with Gasteiger partial charge < -0.3 is 19.5 Å². The summed E-state index contributed by atoms with van der Waals surface area (Å²) in [6.07, 6.45) is 0. The Morgan fingerprint density at radius 2 is 1.64 bits per heavy atom. The molecule has 2 aromatic carbocycles. The summed E-state index contributed by atoms with van der Waals surface area (Å²) < 4.78 is 16.4. The number of anilines is 1. The van der Waals surface area contributed by atoms with Gasteiger partial charge in [0.05, 0.1) is 31.4 Å². The van der Waals surface area contributed by atoms with Gasteiger partial charge in [0.1, 0.15) is 0 Å². The van der Waals surface area contributed by atoms with Crippen molar-refractivity contribution in [1.29, 1.82) is 0 Å². The maximum Gasteiger partial charge on any atom is 0.257 e. The summed E-state index contributed by atoms with van der Waals surface area (Å²) in [5.74, 6) is 0.964. The summed E-state index contributed by atoms with van der Waals surface area (Å²) in [6.45, 7) is 0. The van der Waals surface area contributed by atoms with E-state index >= 15 is 0 Å². The third-order valence-corrected chi connectivity index (χ3v) is 3.83. The summed E-state index contributed by atoms with van der Waals surface area (Å²) in [5, 5.41) is 2.82. The summed E-state index contributed by atoms with van der Waals surface area (Å²) in [7, 11) is 4.52. The van der Waals surface area contributed by atoms with Gasteiger partial charge in [0.15, 0.2) is 11.5 Å². The molecule has 22 heavy (non-hydrogen) atoms. The number of amides is 1. The van der Waals surface area contributed by atoms with Crippen molar-refractivity contribution >= 4 is 27.5 Å². The predicted molar refractivity (Wildman–Crippen MR) is 88.2 cm³/mol. The second kappa shape index (κ2) is 7.17. The molecule has 116 valence electrons. The average molecular weight is 366 g/mol. The molecule has 1 amide bonds. The van der Waals surface area contributed by atoms with Gasteiger partial charge in [0, 0.05) is 5.69 Å². The van der Waals surface area contributed by atoms with Crippen molar-refractivity contribution < 1.29 is 19.0 Å². The Kier molecular flexibility index (Phi) is 5.27. The Morgan fingerprint density at radius 3 is 2.18 bits per heavy atom. The maximum absolute atomic E-state index is 12.5. The first-order valence-corrected chi connectivity index (χ1v) is 7.26. The van der Waals surface area contributed by atoms with E-state index in [-0.39, 0.29) is 5.91 Å². The number of rotatable bonds is 5. The zero-order valence-electron chi connectivity index (χ0n) is 12.5. The normalized spacial score (nSPS) is 10.0. The second-order valence-electron chi connectivity index (χ2n) is 4.33. The van der Waals surface area contributed by atoms with Gasteiger partial charge in [-0.3, -0.25) is 4.79 Å². The van der Waals surface area contributed by atoms with Crippen LogP contribution in [0, 0.1) is 0 Å². The second-order valence-corrected chi connectivity index (χ2v) is 5.12. The molecule has 0 atom stereocenters. The summed E-state index contributed by atoms with van der Waals surface area (Å²) >= 11 is 3.39. The van der Waals surface area contributed by atoms with Crippen LogP contribution in [0.3, 0.4) is 0 Å². The van der Waals surface area contributed by atoms with E-state index in [1.54, 1.807) is 6.07 Å². The minimum Gasteiger partial charge on any atom is -0.493 e. The molecule has 0 unspecified atom stereocenters. The molecule has 0 spiro atoms. The Morgan fingerprint density at radius 1 is 1.00 bits per heavy atom. The molecule has 0 aromatic heterocycles. The van der Waals surface area contributed by atoms with Crippen molar-refractivity contribution in [3.05, 3.63) is 46.4 Å². The number of nitrogens with one attached hydrogen (secondary N) is 1. The lowest BCUT2D eigenvalue weighted by molar-refractivity contribution is 0.102. The first-order valence-electron chi connectivity index (χ1n) is 6.47. The Bertz CT molecular complexity index is 674. The van der Waals surface area contributed by atoms with Crippen molar-refractivity contribution in [2.45, 2.75) is 0 Å². The summed E-state index contributed by atoms with van der Waals surface area (Å²) in [6, 6.07) is 10.8. The standard InChI is InChI=1S/C16H16BrNO4/c1-20-12-9-11(13(17)15(22-3)14(12)21-2)16(19)18-10-7-5-4-6-8-10/h4-9H,1-3H3,(H,18,19). The van der Waals surface area contributed by atoms with E-state index in [0.29, 0.717) is 33.0 Å². The lowest BCUT2D eigenvalue weighted by atomic mass is 10.1. The lowest BCUT2D eigenvalue weighted by Gasteiger charge is -2.16. The third-order valence-electron chi connectivity index (χ3n) is 3.05. The smallest absolute Gasteiger partial charge is 0.257 e. The van der Waals surface area contributed by atoms with E-state index in [0.717, 1.165) is 0 Å². The van der Waals surface area contributed by atoms with Gasteiger partial charge in [0.25, 0.3) is 5.91 Å². The largest absolute Gasteiger partial charge is 0.493 e. The minimum atomic E-state index is -0.280. The zero-order valence-corrected chi connectivity index (χ0v) is 14.1. The first kappa shape index (κ1) is 16.2. The molecule has 5 nitrogen and oxygen atoms in total. The van der Waals surface area contributed by atoms with E-state index in [2.05, 4.69) is 21.2 Å². The number of ether oxygens (including phenoxy) is 3. The molecule has 0 radical (unpaired) electrons. The van der Waals surface area contributed by atoms with E-state index in [1.165, 1.54) is 21.3 Å². The molecule has 0 heterocycles. The highest BCUT2D eigenvalue weighted by Crippen LogP contribution is 2.44. The van der Waals surface area contributed by atoms with Gasteiger partial charge >= 0.3 is 0 Å². The highest BCUT2D eigenvalue weighted by Gasteiger charge is 2.22. The van der Waals surface area contributed by atoms with Gasteiger partial charge in [-0.2, -0.15) is 0 Å². The van der Waals surface area contributed by atoms with Crippen LogP contribution in [-0.2, 0) is 0 Å². The Hall–Kier alpha value is -2.21.